The molecule has 0 amide bonds. The van der Waals surface area contributed by atoms with Crippen molar-refractivity contribution >= 4 is 22.7 Å². The van der Waals surface area contributed by atoms with Gasteiger partial charge in [0.1, 0.15) is 11.3 Å². The van der Waals surface area contributed by atoms with Crippen molar-refractivity contribution < 1.29 is 23.5 Å². The SMILES string of the molecule is Cc1cc(=O)oc2cc(OCC(=O)OCC(=O)c3ccc4c(c3)CCC4)ccc12. The van der Waals surface area contributed by atoms with E-state index >= 15 is 0 Å². The minimum atomic E-state index is -0.648. The number of rotatable bonds is 6. The Bertz CT molecular complexity index is 1160. The van der Waals surface area contributed by atoms with Crippen molar-refractivity contribution in [1.82, 2.24) is 0 Å². The quantitative estimate of drug-likeness (QED) is 0.363. The highest BCUT2D eigenvalue weighted by molar-refractivity contribution is 5.98. The molecule has 148 valence electrons. The molecule has 0 atom stereocenters. The molecule has 0 spiro atoms. The first-order chi connectivity index (χ1) is 14.0. The van der Waals surface area contributed by atoms with E-state index in [1.54, 1.807) is 24.3 Å². The molecular weight excluding hydrogens is 372 g/mol. The molecule has 0 aliphatic heterocycles. The standard InChI is InChI=1S/C23H20O6/c1-14-9-22(25)29-21-11-18(7-8-19(14)21)27-13-23(26)28-12-20(24)17-6-5-15-3-2-4-16(15)10-17/h5-11H,2-4,12-13H2,1H3. The number of benzene rings is 2. The number of hydrogen-bond donors (Lipinski definition) is 0. The molecule has 0 radical (unpaired) electrons. The van der Waals surface area contributed by atoms with Crippen molar-refractivity contribution in [2.75, 3.05) is 13.2 Å². The summed E-state index contributed by atoms with van der Waals surface area (Å²) in [6, 6.07) is 12.0. The summed E-state index contributed by atoms with van der Waals surface area (Å²) < 4.78 is 15.6. The van der Waals surface area contributed by atoms with Crippen molar-refractivity contribution in [3.8, 4) is 5.75 Å². The molecule has 2 aromatic carbocycles. The molecule has 0 bridgehead atoms. The van der Waals surface area contributed by atoms with Crippen molar-refractivity contribution in [1.29, 1.82) is 0 Å². The van der Waals surface area contributed by atoms with Gasteiger partial charge in [0.2, 0.25) is 0 Å². The number of Topliss-reactive ketones (excluding diaryl/α,β-unsaturated/α-hetero) is 1. The van der Waals surface area contributed by atoms with E-state index in [4.69, 9.17) is 13.9 Å². The number of carbonyl (C=O) groups is 2. The fraction of sp³-hybridized carbons (Fsp3) is 0.261. The van der Waals surface area contributed by atoms with Crippen molar-refractivity contribution in [2.45, 2.75) is 26.2 Å². The van der Waals surface area contributed by atoms with Crippen LogP contribution >= 0.6 is 0 Å². The van der Waals surface area contributed by atoms with Gasteiger partial charge in [-0.15, -0.1) is 0 Å². The molecule has 0 fully saturated rings. The number of hydrogen-bond acceptors (Lipinski definition) is 6. The van der Waals surface area contributed by atoms with E-state index < -0.39 is 11.6 Å². The lowest BCUT2D eigenvalue weighted by Crippen LogP contribution is -2.19. The van der Waals surface area contributed by atoms with E-state index in [2.05, 4.69) is 0 Å². The van der Waals surface area contributed by atoms with Gasteiger partial charge in [0.05, 0.1) is 0 Å². The highest BCUT2D eigenvalue weighted by atomic mass is 16.6. The number of esters is 1. The van der Waals surface area contributed by atoms with E-state index in [0.29, 0.717) is 16.9 Å². The second-order valence-electron chi connectivity index (χ2n) is 7.12. The van der Waals surface area contributed by atoms with Crippen LogP contribution in [-0.2, 0) is 22.4 Å². The number of aryl methyl sites for hydroxylation is 3. The Balaban J connectivity index is 1.32. The topological polar surface area (TPSA) is 82.8 Å². The number of ether oxygens (including phenoxy) is 2. The van der Waals surface area contributed by atoms with Gasteiger partial charge in [-0.25, -0.2) is 9.59 Å². The third kappa shape index (κ3) is 4.21. The van der Waals surface area contributed by atoms with Crippen LogP contribution in [0.15, 0.2) is 51.7 Å². The van der Waals surface area contributed by atoms with Gasteiger partial charge >= 0.3 is 11.6 Å². The molecule has 0 saturated carbocycles. The molecule has 1 aliphatic carbocycles. The fourth-order valence-electron chi connectivity index (χ4n) is 3.55. The minimum Gasteiger partial charge on any atom is -0.482 e. The van der Waals surface area contributed by atoms with E-state index in [-0.39, 0.29) is 19.0 Å². The van der Waals surface area contributed by atoms with Crippen molar-refractivity contribution in [2.24, 2.45) is 0 Å². The van der Waals surface area contributed by atoms with Crippen LogP contribution in [0.4, 0.5) is 0 Å². The van der Waals surface area contributed by atoms with E-state index in [9.17, 15) is 14.4 Å². The highest BCUT2D eigenvalue weighted by Crippen LogP contribution is 2.23. The van der Waals surface area contributed by atoms with Gasteiger partial charge in [-0.3, -0.25) is 4.79 Å². The zero-order valence-corrected chi connectivity index (χ0v) is 16.0. The monoisotopic (exact) mass is 392 g/mol. The summed E-state index contributed by atoms with van der Waals surface area (Å²) in [5.41, 5.74) is 3.77. The molecule has 0 unspecified atom stereocenters. The summed E-state index contributed by atoms with van der Waals surface area (Å²) in [5.74, 6) is -0.519. The summed E-state index contributed by atoms with van der Waals surface area (Å²) in [6.45, 7) is 1.14. The van der Waals surface area contributed by atoms with Gasteiger partial charge in [-0.2, -0.15) is 0 Å². The lowest BCUT2D eigenvalue weighted by molar-refractivity contribution is -0.144. The van der Waals surface area contributed by atoms with Gasteiger partial charge < -0.3 is 13.9 Å². The lowest BCUT2D eigenvalue weighted by Gasteiger charge is -2.08. The molecular formula is C23H20O6. The van der Waals surface area contributed by atoms with E-state index in [1.165, 1.54) is 17.2 Å². The Morgan fingerprint density at radius 2 is 1.83 bits per heavy atom. The molecule has 6 heteroatoms. The number of fused-ring (bicyclic) bond motifs is 2. The van der Waals surface area contributed by atoms with Gasteiger partial charge in [-0.05, 0) is 61.1 Å². The van der Waals surface area contributed by atoms with Crippen LogP contribution in [0, 0.1) is 6.92 Å². The molecule has 29 heavy (non-hydrogen) atoms. The van der Waals surface area contributed by atoms with Crippen LogP contribution in [0.25, 0.3) is 11.0 Å². The van der Waals surface area contributed by atoms with Crippen LogP contribution in [-0.4, -0.2) is 25.0 Å². The normalized spacial score (nSPS) is 12.6. The second kappa shape index (κ2) is 7.91. The third-order valence-corrected chi connectivity index (χ3v) is 5.06. The third-order valence-electron chi connectivity index (χ3n) is 5.06. The highest BCUT2D eigenvalue weighted by Gasteiger charge is 2.15. The summed E-state index contributed by atoms with van der Waals surface area (Å²) >= 11 is 0. The largest absolute Gasteiger partial charge is 0.482 e. The Morgan fingerprint density at radius 1 is 1.00 bits per heavy atom. The predicted molar refractivity (Wildman–Crippen MR) is 106 cm³/mol. The van der Waals surface area contributed by atoms with Crippen LogP contribution in [0.1, 0.15) is 33.5 Å². The molecule has 1 aromatic heterocycles. The average Bonchev–Trinajstić information content (AvgIpc) is 3.17. The molecule has 4 rings (SSSR count). The first-order valence-electron chi connectivity index (χ1n) is 9.47. The Kier molecular flexibility index (Phi) is 5.16. The van der Waals surface area contributed by atoms with Gasteiger partial charge in [0, 0.05) is 23.1 Å². The molecule has 1 aliphatic rings. The minimum absolute atomic E-state index is 0.240. The molecule has 0 N–H and O–H groups in total. The van der Waals surface area contributed by atoms with Crippen molar-refractivity contribution in [3.05, 3.63) is 75.1 Å². The number of carbonyl (C=O) groups excluding carboxylic acids is 2. The Morgan fingerprint density at radius 3 is 2.69 bits per heavy atom. The zero-order chi connectivity index (χ0) is 20.4. The average molecular weight is 392 g/mol. The lowest BCUT2D eigenvalue weighted by atomic mass is 10.0. The molecule has 0 saturated heterocycles. The fourth-order valence-corrected chi connectivity index (χ4v) is 3.55. The second-order valence-corrected chi connectivity index (χ2v) is 7.12. The first-order valence-corrected chi connectivity index (χ1v) is 9.47. The van der Waals surface area contributed by atoms with Crippen LogP contribution in [0.2, 0.25) is 0 Å². The Labute approximate surface area is 167 Å². The maximum Gasteiger partial charge on any atom is 0.344 e. The van der Waals surface area contributed by atoms with Crippen LogP contribution in [0.3, 0.4) is 0 Å². The summed E-state index contributed by atoms with van der Waals surface area (Å²) in [6.07, 6.45) is 3.14. The van der Waals surface area contributed by atoms with Gasteiger partial charge in [0.15, 0.2) is 19.0 Å². The number of ketones is 1. The zero-order valence-electron chi connectivity index (χ0n) is 16.0. The van der Waals surface area contributed by atoms with Crippen LogP contribution in [0.5, 0.6) is 5.75 Å². The molecule has 3 aromatic rings. The van der Waals surface area contributed by atoms with E-state index in [0.717, 1.165) is 30.2 Å². The smallest absolute Gasteiger partial charge is 0.344 e. The van der Waals surface area contributed by atoms with Gasteiger partial charge in [0.25, 0.3) is 0 Å². The predicted octanol–water partition coefficient (Wildman–Crippen LogP) is 3.40. The van der Waals surface area contributed by atoms with Crippen LogP contribution < -0.4 is 10.4 Å². The van der Waals surface area contributed by atoms with Gasteiger partial charge in [-0.1, -0.05) is 12.1 Å². The summed E-state index contributed by atoms with van der Waals surface area (Å²) in [4.78, 5) is 35.7. The molecule has 1 heterocycles. The van der Waals surface area contributed by atoms with E-state index in [1.807, 2.05) is 19.1 Å². The first kappa shape index (κ1) is 18.9. The van der Waals surface area contributed by atoms with Crippen molar-refractivity contribution in [3.63, 3.8) is 0 Å². The maximum atomic E-state index is 12.3. The maximum absolute atomic E-state index is 12.3. The molecule has 6 nitrogen and oxygen atoms in total. The Hall–Kier alpha value is -3.41. The summed E-state index contributed by atoms with van der Waals surface area (Å²) in [7, 11) is 0. The summed E-state index contributed by atoms with van der Waals surface area (Å²) in [5, 5.41) is 0.791.